The Bertz CT molecular complexity index is 1400. The van der Waals surface area contributed by atoms with Crippen molar-refractivity contribution in [1.82, 2.24) is 9.88 Å². The molecule has 6 nitrogen and oxygen atoms in total. The highest BCUT2D eigenvalue weighted by Gasteiger charge is 2.28. The predicted octanol–water partition coefficient (Wildman–Crippen LogP) is 5.21. The first-order chi connectivity index (χ1) is 15.5. The normalized spacial score (nSPS) is 13.8. The highest BCUT2D eigenvalue weighted by atomic mass is 16.5. The van der Waals surface area contributed by atoms with Gasteiger partial charge in [-0.2, -0.15) is 0 Å². The summed E-state index contributed by atoms with van der Waals surface area (Å²) in [5.41, 5.74) is 5.12. The lowest BCUT2D eigenvalue weighted by Gasteiger charge is -2.06. The molecule has 32 heavy (non-hydrogen) atoms. The monoisotopic (exact) mass is 423 g/mol. The Balaban J connectivity index is 1.57. The molecule has 1 aliphatic rings. The Morgan fingerprint density at radius 2 is 1.81 bits per heavy atom. The van der Waals surface area contributed by atoms with Crippen molar-refractivity contribution in [3.63, 3.8) is 0 Å². The van der Waals surface area contributed by atoms with Crippen molar-refractivity contribution < 1.29 is 14.3 Å². The molecule has 6 heteroatoms. The zero-order chi connectivity index (χ0) is 22.2. The van der Waals surface area contributed by atoms with Crippen LogP contribution in [0.15, 0.2) is 78.7 Å². The molecule has 1 aliphatic heterocycles. The number of carbonyl (C=O) groups excluding carboxylic acids is 2. The molecule has 0 saturated carbocycles. The number of benzene rings is 3. The maximum absolute atomic E-state index is 13.1. The van der Waals surface area contributed by atoms with Gasteiger partial charge in [-0.15, -0.1) is 0 Å². The summed E-state index contributed by atoms with van der Waals surface area (Å²) in [6, 6.07) is 21.0. The first-order valence-corrected chi connectivity index (χ1v) is 10.3. The Morgan fingerprint density at radius 3 is 2.59 bits per heavy atom. The van der Waals surface area contributed by atoms with E-state index in [1.165, 1.54) is 7.05 Å². The minimum absolute atomic E-state index is 0.213. The van der Waals surface area contributed by atoms with Gasteiger partial charge in [-0.25, -0.2) is 4.79 Å². The Morgan fingerprint density at radius 1 is 1.00 bits per heavy atom. The number of rotatable bonds is 3. The van der Waals surface area contributed by atoms with Crippen molar-refractivity contribution in [1.29, 1.82) is 0 Å². The molecule has 0 atom stereocenters. The van der Waals surface area contributed by atoms with Gasteiger partial charge in [-0.1, -0.05) is 42.5 Å². The summed E-state index contributed by atoms with van der Waals surface area (Å²) in [5, 5.41) is 6.23. The van der Waals surface area contributed by atoms with Crippen LogP contribution < -0.4 is 15.4 Å². The number of nitrogens with one attached hydrogen (secondary N) is 2. The van der Waals surface area contributed by atoms with E-state index < -0.39 is 0 Å². The summed E-state index contributed by atoms with van der Waals surface area (Å²) in [4.78, 5) is 24.7. The Kier molecular flexibility index (Phi) is 4.75. The van der Waals surface area contributed by atoms with Gasteiger partial charge in [0, 0.05) is 42.4 Å². The van der Waals surface area contributed by atoms with Gasteiger partial charge in [0.05, 0.1) is 5.56 Å². The standard InChI is InChI=1S/C26H21N3O3/c1-27-26(31)28-18-11-12-22-20(14-18)25(30)23(32-22)13-17-15-29(2)21-10-6-9-19(24(17)21)16-7-4-3-5-8-16/h3-15H,1-2H3,(H2,27,28,31). The zero-order valence-corrected chi connectivity index (χ0v) is 17.7. The number of anilines is 1. The van der Waals surface area contributed by atoms with Crippen LogP contribution in [0.1, 0.15) is 15.9 Å². The van der Waals surface area contributed by atoms with Crippen LogP contribution in [0.25, 0.3) is 28.1 Å². The number of ether oxygens (including phenoxy) is 1. The molecule has 0 fully saturated rings. The van der Waals surface area contributed by atoms with E-state index in [2.05, 4.69) is 34.9 Å². The molecule has 0 aliphatic carbocycles. The molecule has 0 radical (unpaired) electrons. The number of nitrogens with zero attached hydrogens (tertiary/aromatic N) is 1. The summed E-state index contributed by atoms with van der Waals surface area (Å²) in [6.07, 6.45) is 3.80. The van der Waals surface area contributed by atoms with Crippen molar-refractivity contribution in [2.75, 3.05) is 12.4 Å². The highest BCUT2D eigenvalue weighted by molar-refractivity contribution is 6.16. The molecule has 0 spiro atoms. The van der Waals surface area contributed by atoms with Crippen LogP contribution >= 0.6 is 0 Å². The molecule has 0 saturated heterocycles. The van der Waals surface area contributed by atoms with E-state index in [1.54, 1.807) is 24.3 Å². The Labute approximate surface area is 185 Å². The van der Waals surface area contributed by atoms with E-state index in [4.69, 9.17) is 4.74 Å². The van der Waals surface area contributed by atoms with Gasteiger partial charge in [0.2, 0.25) is 5.78 Å². The van der Waals surface area contributed by atoms with Gasteiger partial charge < -0.3 is 19.9 Å². The second-order valence-corrected chi connectivity index (χ2v) is 7.62. The number of Topliss-reactive ketones (excluding diaryl/α,β-unsaturated/α-hetero) is 1. The average Bonchev–Trinajstić information content (AvgIpc) is 3.31. The lowest BCUT2D eigenvalue weighted by atomic mass is 9.98. The average molecular weight is 423 g/mol. The quantitative estimate of drug-likeness (QED) is 0.444. The van der Waals surface area contributed by atoms with Gasteiger partial charge >= 0.3 is 6.03 Å². The van der Waals surface area contributed by atoms with Crippen molar-refractivity contribution in [3.05, 3.63) is 89.8 Å². The zero-order valence-electron chi connectivity index (χ0n) is 17.7. The van der Waals surface area contributed by atoms with Crippen LogP contribution in [-0.2, 0) is 7.05 Å². The van der Waals surface area contributed by atoms with Gasteiger partial charge in [0.15, 0.2) is 5.76 Å². The number of allylic oxidation sites excluding steroid dienone is 1. The number of carbonyl (C=O) groups is 2. The number of aromatic nitrogens is 1. The number of hydrogen-bond donors (Lipinski definition) is 2. The van der Waals surface area contributed by atoms with Gasteiger partial charge in [0.25, 0.3) is 0 Å². The largest absolute Gasteiger partial charge is 0.452 e. The molecule has 2 N–H and O–H groups in total. The number of fused-ring (bicyclic) bond motifs is 2. The summed E-state index contributed by atoms with van der Waals surface area (Å²) >= 11 is 0. The minimum Gasteiger partial charge on any atom is -0.452 e. The van der Waals surface area contributed by atoms with Crippen molar-refractivity contribution >= 4 is 34.5 Å². The third kappa shape index (κ3) is 3.32. The maximum atomic E-state index is 13.1. The lowest BCUT2D eigenvalue weighted by Crippen LogP contribution is -2.24. The molecule has 0 unspecified atom stereocenters. The molecule has 4 aromatic rings. The summed E-state index contributed by atoms with van der Waals surface area (Å²) < 4.78 is 7.93. The van der Waals surface area contributed by atoms with E-state index in [-0.39, 0.29) is 17.6 Å². The third-order valence-corrected chi connectivity index (χ3v) is 5.57. The van der Waals surface area contributed by atoms with E-state index in [9.17, 15) is 9.59 Å². The van der Waals surface area contributed by atoms with Crippen LogP contribution in [0.3, 0.4) is 0 Å². The molecule has 1 aromatic heterocycles. The van der Waals surface area contributed by atoms with Crippen LogP contribution in [0, 0.1) is 0 Å². The van der Waals surface area contributed by atoms with Gasteiger partial charge in [-0.3, -0.25) is 4.79 Å². The molecule has 3 aromatic carbocycles. The van der Waals surface area contributed by atoms with Crippen molar-refractivity contribution in [2.45, 2.75) is 0 Å². The fourth-order valence-electron chi connectivity index (χ4n) is 4.05. The first kappa shape index (κ1) is 19.6. The fourth-order valence-corrected chi connectivity index (χ4v) is 4.05. The summed E-state index contributed by atoms with van der Waals surface area (Å²) in [6.45, 7) is 0. The smallest absolute Gasteiger partial charge is 0.318 e. The van der Waals surface area contributed by atoms with Crippen molar-refractivity contribution in [3.8, 4) is 16.9 Å². The second-order valence-electron chi connectivity index (χ2n) is 7.62. The molecule has 158 valence electrons. The van der Waals surface area contributed by atoms with Gasteiger partial charge in [0.1, 0.15) is 5.75 Å². The molecule has 5 rings (SSSR count). The van der Waals surface area contributed by atoms with E-state index in [0.29, 0.717) is 17.0 Å². The van der Waals surface area contributed by atoms with Crippen LogP contribution in [0.5, 0.6) is 5.75 Å². The number of urea groups is 1. The van der Waals surface area contributed by atoms with Crippen LogP contribution in [0.2, 0.25) is 0 Å². The fraction of sp³-hybridized carbons (Fsp3) is 0.0769. The molecule has 2 amide bonds. The van der Waals surface area contributed by atoms with Crippen LogP contribution in [0.4, 0.5) is 10.5 Å². The van der Waals surface area contributed by atoms with E-state index in [1.807, 2.05) is 42.1 Å². The van der Waals surface area contributed by atoms with Gasteiger partial charge in [-0.05, 0) is 41.5 Å². The molecular weight excluding hydrogens is 402 g/mol. The van der Waals surface area contributed by atoms with Crippen molar-refractivity contribution in [2.24, 2.45) is 7.05 Å². The number of amides is 2. The second kappa shape index (κ2) is 7.74. The first-order valence-electron chi connectivity index (χ1n) is 10.3. The summed E-state index contributed by atoms with van der Waals surface area (Å²) in [7, 11) is 3.52. The number of hydrogen-bond acceptors (Lipinski definition) is 3. The lowest BCUT2D eigenvalue weighted by molar-refractivity contribution is 0.101. The number of aryl methyl sites for hydroxylation is 1. The molecule has 0 bridgehead atoms. The van der Waals surface area contributed by atoms with E-state index >= 15 is 0 Å². The Hall–Kier alpha value is -4.32. The molecular formula is C26H21N3O3. The third-order valence-electron chi connectivity index (χ3n) is 5.57. The molecule has 2 heterocycles. The SMILES string of the molecule is CNC(=O)Nc1ccc2c(c1)C(=O)C(=Cc1cn(C)c3cccc(-c4ccccc4)c13)O2. The van der Waals surface area contributed by atoms with E-state index in [0.717, 1.165) is 27.6 Å². The highest BCUT2D eigenvalue weighted by Crippen LogP contribution is 2.37. The predicted molar refractivity (Wildman–Crippen MR) is 126 cm³/mol. The minimum atomic E-state index is -0.351. The van der Waals surface area contributed by atoms with Crippen LogP contribution in [-0.4, -0.2) is 23.4 Å². The topological polar surface area (TPSA) is 72.4 Å². The summed E-state index contributed by atoms with van der Waals surface area (Å²) in [5.74, 6) is 0.523. The number of ketones is 1. The maximum Gasteiger partial charge on any atom is 0.318 e.